The first-order valence-electron chi connectivity index (χ1n) is 7.82. The van der Waals surface area contributed by atoms with Crippen LogP contribution in [0.3, 0.4) is 0 Å². The van der Waals surface area contributed by atoms with E-state index < -0.39 is 0 Å². The molecule has 1 aliphatic rings. The molecule has 21 heavy (non-hydrogen) atoms. The maximum absolute atomic E-state index is 6.17. The van der Waals surface area contributed by atoms with Crippen molar-refractivity contribution in [2.75, 3.05) is 40.8 Å². The Kier molecular flexibility index (Phi) is 5.62. The average molecular weight is 291 g/mol. The van der Waals surface area contributed by atoms with Crippen LogP contribution in [0, 0.1) is 0 Å². The molecule has 1 fully saturated rings. The van der Waals surface area contributed by atoms with Crippen molar-refractivity contribution >= 4 is 0 Å². The third-order valence-corrected chi connectivity index (χ3v) is 4.91. The lowest BCUT2D eigenvalue weighted by atomic mass is 9.88. The first kappa shape index (κ1) is 16.3. The minimum absolute atomic E-state index is 0.130. The zero-order valence-corrected chi connectivity index (χ0v) is 13.6. The molecule has 2 rings (SSSR count). The molecule has 2 N–H and O–H groups in total. The van der Waals surface area contributed by atoms with Gasteiger partial charge >= 0.3 is 0 Å². The van der Waals surface area contributed by atoms with E-state index in [2.05, 4.69) is 36.0 Å². The molecule has 1 heterocycles. The molecule has 1 unspecified atom stereocenters. The fourth-order valence-electron chi connectivity index (χ4n) is 3.23. The molecule has 4 nitrogen and oxygen atoms in total. The first-order valence-corrected chi connectivity index (χ1v) is 7.82. The van der Waals surface area contributed by atoms with Crippen LogP contribution in [0.2, 0.25) is 0 Å². The lowest BCUT2D eigenvalue weighted by Gasteiger charge is -2.41. The van der Waals surface area contributed by atoms with Crippen LogP contribution in [0.25, 0.3) is 0 Å². The molecule has 1 atom stereocenters. The van der Waals surface area contributed by atoms with E-state index in [0.717, 1.165) is 31.8 Å². The van der Waals surface area contributed by atoms with Crippen LogP contribution in [-0.2, 0) is 6.54 Å². The third-order valence-electron chi connectivity index (χ3n) is 4.91. The Hall–Kier alpha value is -1.10. The average Bonchev–Trinajstić information content (AvgIpc) is 2.70. The van der Waals surface area contributed by atoms with Gasteiger partial charge in [0.15, 0.2) is 0 Å². The van der Waals surface area contributed by atoms with Crippen LogP contribution in [-0.4, -0.2) is 56.2 Å². The highest BCUT2D eigenvalue weighted by atomic mass is 16.5. The van der Waals surface area contributed by atoms with Crippen molar-refractivity contribution in [3.8, 4) is 5.75 Å². The van der Waals surface area contributed by atoms with Crippen LogP contribution in [0.15, 0.2) is 24.3 Å². The van der Waals surface area contributed by atoms with Crippen LogP contribution in [0.5, 0.6) is 5.75 Å². The summed E-state index contributed by atoms with van der Waals surface area (Å²) < 4.78 is 5.22. The van der Waals surface area contributed by atoms with E-state index >= 15 is 0 Å². The number of nitrogens with zero attached hydrogens (tertiary/aromatic N) is 2. The van der Waals surface area contributed by atoms with Crippen molar-refractivity contribution < 1.29 is 4.74 Å². The van der Waals surface area contributed by atoms with Crippen molar-refractivity contribution in [3.63, 3.8) is 0 Å². The Morgan fingerprint density at radius 1 is 1.24 bits per heavy atom. The number of rotatable bonds is 5. The standard InChI is InChI=1S/C17H29N3O/c1-19-11-4-9-17(14-18,10-12-19)20(2)13-15-5-7-16(21-3)8-6-15/h5-8H,4,9-14,18H2,1-3H3. The molecule has 0 radical (unpaired) electrons. The fourth-order valence-corrected chi connectivity index (χ4v) is 3.23. The molecule has 1 aliphatic heterocycles. The van der Waals surface area contributed by atoms with Crippen molar-refractivity contribution in [2.45, 2.75) is 31.3 Å². The lowest BCUT2D eigenvalue weighted by molar-refractivity contribution is 0.100. The Labute approximate surface area is 128 Å². The minimum atomic E-state index is 0.130. The van der Waals surface area contributed by atoms with E-state index in [4.69, 9.17) is 10.5 Å². The second-order valence-electron chi connectivity index (χ2n) is 6.29. The highest BCUT2D eigenvalue weighted by molar-refractivity contribution is 5.27. The smallest absolute Gasteiger partial charge is 0.118 e. The van der Waals surface area contributed by atoms with Gasteiger partial charge in [-0.1, -0.05) is 12.1 Å². The second kappa shape index (κ2) is 7.25. The number of nitrogens with two attached hydrogens (primary N) is 1. The Morgan fingerprint density at radius 3 is 2.57 bits per heavy atom. The number of likely N-dealkylation sites (tertiary alicyclic amines) is 1. The van der Waals surface area contributed by atoms with E-state index in [1.807, 2.05) is 12.1 Å². The predicted molar refractivity (Wildman–Crippen MR) is 87.6 cm³/mol. The molecule has 1 aromatic carbocycles. The molecule has 0 amide bonds. The first-order chi connectivity index (χ1) is 10.1. The summed E-state index contributed by atoms with van der Waals surface area (Å²) in [6.07, 6.45) is 3.55. The zero-order chi connectivity index (χ0) is 15.3. The Morgan fingerprint density at radius 2 is 1.95 bits per heavy atom. The summed E-state index contributed by atoms with van der Waals surface area (Å²) in [5.74, 6) is 0.908. The molecule has 1 aromatic rings. The summed E-state index contributed by atoms with van der Waals surface area (Å²) in [5, 5.41) is 0. The quantitative estimate of drug-likeness (QED) is 0.900. The van der Waals surface area contributed by atoms with Crippen LogP contribution in [0.1, 0.15) is 24.8 Å². The number of ether oxygens (including phenoxy) is 1. The topological polar surface area (TPSA) is 41.7 Å². The van der Waals surface area contributed by atoms with Crippen molar-refractivity contribution in [2.24, 2.45) is 5.73 Å². The summed E-state index contributed by atoms with van der Waals surface area (Å²) in [6, 6.07) is 8.34. The summed E-state index contributed by atoms with van der Waals surface area (Å²) in [7, 11) is 6.12. The molecule has 0 bridgehead atoms. The van der Waals surface area contributed by atoms with E-state index in [1.165, 1.54) is 24.9 Å². The maximum Gasteiger partial charge on any atom is 0.118 e. The molecule has 0 saturated carbocycles. The van der Waals surface area contributed by atoms with E-state index in [-0.39, 0.29) is 5.54 Å². The van der Waals surface area contributed by atoms with Gasteiger partial charge in [-0.25, -0.2) is 0 Å². The Bertz CT molecular complexity index is 434. The van der Waals surface area contributed by atoms with Gasteiger partial charge in [-0.05, 0) is 64.1 Å². The van der Waals surface area contributed by atoms with Crippen LogP contribution >= 0.6 is 0 Å². The number of methoxy groups -OCH3 is 1. The summed E-state index contributed by atoms with van der Waals surface area (Å²) in [6.45, 7) is 3.97. The highest BCUT2D eigenvalue weighted by Gasteiger charge is 2.34. The highest BCUT2D eigenvalue weighted by Crippen LogP contribution is 2.28. The molecule has 4 heteroatoms. The van der Waals surface area contributed by atoms with Gasteiger partial charge < -0.3 is 15.4 Å². The monoisotopic (exact) mass is 291 g/mol. The Balaban J connectivity index is 2.06. The van der Waals surface area contributed by atoms with Gasteiger partial charge in [-0.15, -0.1) is 0 Å². The van der Waals surface area contributed by atoms with Gasteiger partial charge in [-0.3, -0.25) is 4.90 Å². The van der Waals surface area contributed by atoms with Gasteiger partial charge in [0.05, 0.1) is 7.11 Å². The lowest BCUT2D eigenvalue weighted by Crippen LogP contribution is -2.52. The van der Waals surface area contributed by atoms with Gasteiger partial charge in [0, 0.05) is 18.6 Å². The molecule has 1 saturated heterocycles. The van der Waals surface area contributed by atoms with Gasteiger partial charge in [-0.2, -0.15) is 0 Å². The predicted octanol–water partition coefficient (Wildman–Crippen LogP) is 1.94. The van der Waals surface area contributed by atoms with Crippen molar-refractivity contribution in [3.05, 3.63) is 29.8 Å². The van der Waals surface area contributed by atoms with Crippen LogP contribution in [0.4, 0.5) is 0 Å². The molecule has 0 spiro atoms. The normalized spacial score (nSPS) is 24.0. The van der Waals surface area contributed by atoms with Gasteiger partial charge in [0.1, 0.15) is 5.75 Å². The maximum atomic E-state index is 6.17. The van der Waals surface area contributed by atoms with E-state index in [9.17, 15) is 0 Å². The summed E-state index contributed by atoms with van der Waals surface area (Å²) >= 11 is 0. The van der Waals surface area contributed by atoms with E-state index in [1.54, 1.807) is 7.11 Å². The van der Waals surface area contributed by atoms with Crippen molar-refractivity contribution in [1.29, 1.82) is 0 Å². The molecule has 0 aliphatic carbocycles. The number of benzene rings is 1. The second-order valence-corrected chi connectivity index (χ2v) is 6.29. The largest absolute Gasteiger partial charge is 0.497 e. The van der Waals surface area contributed by atoms with Gasteiger partial charge in [0.25, 0.3) is 0 Å². The zero-order valence-electron chi connectivity index (χ0n) is 13.6. The van der Waals surface area contributed by atoms with Crippen LogP contribution < -0.4 is 10.5 Å². The fraction of sp³-hybridized carbons (Fsp3) is 0.647. The molecule has 118 valence electrons. The summed E-state index contributed by atoms with van der Waals surface area (Å²) in [5.41, 5.74) is 7.61. The molecular weight excluding hydrogens is 262 g/mol. The molecular formula is C17H29N3O. The van der Waals surface area contributed by atoms with Crippen molar-refractivity contribution in [1.82, 2.24) is 9.80 Å². The van der Waals surface area contributed by atoms with Gasteiger partial charge in [0.2, 0.25) is 0 Å². The molecule has 0 aromatic heterocycles. The van der Waals surface area contributed by atoms with E-state index in [0.29, 0.717) is 0 Å². The number of hydrogen-bond donors (Lipinski definition) is 1. The summed E-state index contributed by atoms with van der Waals surface area (Å²) in [4.78, 5) is 4.87. The number of likely N-dealkylation sites (N-methyl/N-ethyl adjacent to an activating group) is 1. The SMILES string of the molecule is COc1ccc(CN(C)C2(CN)CCCN(C)CC2)cc1. The minimum Gasteiger partial charge on any atom is -0.497 e. The third kappa shape index (κ3) is 3.96. The number of hydrogen-bond acceptors (Lipinski definition) is 4.